The van der Waals surface area contributed by atoms with Gasteiger partial charge in [0.15, 0.2) is 0 Å². The highest BCUT2D eigenvalue weighted by Gasteiger charge is 2.11. The molecule has 1 heterocycles. The van der Waals surface area contributed by atoms with E-state index in [0.29, 0.717) is 0 Å². The molecule has 1 saturated heterocycles. The molecular formula is C22H34N2. The molecule has 0 radical (unpaired) electrons. The van der Waals surface area contributed by atoms with E-state index in [4.69, 9.17) is 0 Å². The van der Waals surface area contributed by atoms with Gasteiger partial charge in [0, 0.05) is 11.8 Å². The molecule has 1 fully saturated rings. The highest BCUT2D eigenvalue weighted by molar-refractivity contribution is 5.76. The number of unbranched alkanes of at least 4 members (excludes halogenated alkanes) is 1. The van der Waals surface area contributed by atoms with Crippen LogP contribution in [0.2, 0.25) is 0 Å². The van der Waals surface area contributed by atoms with Crippen molar-refractivity contribution in [3.8, 4) is 0 Å². The van der Waals surface area contributed by atoms with Gasteiger partial charge in [-0.1, -0.05) is 19.9 Å². The zero-order valence-electron chi connectivity index (χ0n) is 15.9. The van der Waals surface area contributed by atoms with Gasteiger partial charge >= 0.3 is 0 Å². The van der Waals surface area contributed by atoms with Gasteiger partial charge in [-0.15, -0.1) is 0 Å². The normalized spacial score (nSPS) is 16.0. The minimum Gasteiger partial charge on any atom is -0.303 e. The minimum atomic E-state index is 1.07. The molecule has 2 heteroatoms. The van der Waals surface area contributed by atoms with Crippen molar-refractivity contribution in [1.82, 2.24) is 4.90 Å². The molecule has 0 aromatic heterocycles. The minimum absolute atomic E-state index is 1.07. The summed E-state index contributed by atoms with van der Waals surface area (Å²) in [6, 6.07) is 4.61. The number of aliphatic imine (C=N–C) groups is 1. The van der Waals surface area contributed by atoms with E-state index in [1.807, 2.05) is 13.1 Å². The first-order valence-electron chi connectivity index (χ1n) is 9.68. The van der Waals surface area contributed by atoms with E-state index in [1.165, 1.54) is 74.8 Å². The maximum absolute atomic E-state index is 4.54. The number of hydrogen-bond acceptors (Lipinski definition) is 2. The second-order valence-electron chi connectivity index (χ2n) is 7.02. The second kappa shape index (κ2) is 9.78. The summed E-state index contributed by atoms with van der Waals surface area (Å²) in [6.07, 6.45) is 10.9. The van der Waals surface area contributed by atoms with E-state index in [2.05, 4.69) is 42.5 Å². The number of piperidine rings is 1. The van der Waals surface area contributed by atoms with Crippen LogP contribution in [0.1, 0.15) is 69.6 Å². The highest BCUT2D eigenvalue weighted by atomic mass is 15.1. The lowest BCUT2D eigenvalue weighted by atomic mass is 9.94. The lowest BCUT2D eigenvalue weighted by Crippen LogP contribution is -2.30. The Kier molecular flexibility index (Phi) is 7.71. The van der Waals surface area contributed by atoms with E-state index < -0.39 is 0 Å². The number of benzene rings is 1. The van der Waals surface area contributed by atoms with E-state index in [9.17, 15) is 0 Å². The van der Waals surface area contributed by atoms with Crippen molar-refractivity contribution in [3.63, 3.8) is 0 Å². The number of allylic oxidation sites excluding steroid dienone is 1. The van der Waals surface area contributed by atoms with Crippen molar-refractivity contribution in [1.29, 1.82) is 0 Å². The van der Waals surface area contributed by atoms with Crippen molar-refractivity contribution in [2.24, 2.45) is 4.99 Å². The van der Waals surface area contributed by atoms with Crippen LogP contribution in [0.3, 0.4) is 0 Å². The Hall–Kier alpha value is -1.41. The average molecular weight is 327 g/mol. The summed E-state index contributed by atoms with van der Waals surface area (Å²) in [4.78, 5) is 7.18. The zero-order chi connectivity index (χ0) is 17.4. The number of nitrogens with zero attached hydrogens (tertiary/aromatic N) is 2. The maximum Gasteiger partial charge on any atom is 0.0703 e. The fourth-order valence-electron chi connectivity index (χ4n) is 3.66. The van der Waals surface area contributed by atoms with Crippen LogP contribution in [0.15, 0.2) is 23.7 Å². The van der Waals surface area contributed by atoms with Gasteiger partial charge in [-0.25, -0.2) is 0 Å². The highest BCUT2D eigenvalue weighted by Crippen LogP contribution is 2.30. The summed E-state index contributed by atoms with van der Waals surface area (Å²) in [5.74, 6) is 0. The van der Waals surface area contributed by atoms with Gasteiger partial charge in [0.25, 0.3) is 0 Å². The molecule has 1 aliphatic rings. The van der Waals surface area contributed by atoms with Gasteiger partial charge in [0.1, 0.15) is 0 Å². The average Bonchev–Trinajstić information content (AvgIpc) is 2.60. The molecule has 132 valence electrons. The van der Waals surface area contributed by atoms with Gasteiger partial charge in [-0.2, -0.15) is 0 Å². The molecular weight excluding hydrogens is 292 g/mol. The van der Waals surface area contributed by atoms with Crippen LogP contribution in [0, 0.1) is 0 Å². The van der Waals surface area contributed by atoms with Crippen molar-refractivity contribution >= 4 is 17.5 Å². The SMILES string of the molecule is C=C(C)c1cc(CCCCN2CCCCC2)c(CC)cc1/N=C\C. The quantitative estimate of drug-likeness (QED) is 0.434. The largest absolute Gasteiger partial charge is 0.303 e. The van der Waals surface area contributed by atoms with Crippen molar-refractivity contribution in [2.45, 2.75) is 65.7 Å². The predicted octanol–water partition coefficient (Wildman–Crippen LogP) is 5.81. The smallest absolute Gasteiger partial charge is 0.0703 e. The maximum atomic E-state index is 4.54. The van der Waals surface area contributed by atoms with Crippen molar-refractivity contribution in [2.75, 3.05) is 19.6 Å². The van der Waals surface area contributed by atoms with E-state index in [1.54, 1.807) is 0 Å². The lowest BCUT2D eigenvalue weighted by Gasteiger charge is -2.26. The lowest BCUT2D eigenvalue weighted by molar-refractivity contribution is 0.225. The van der Waals surface area contributed by atoms with Crippen molar-refractivity contribution < 1.29 is 0 Å². The molecule has 0 N–H and O–H groups in total. The standard InChI is InChI=1S/C22H34N2/c1-5-19-17-22(23-6-2)21(18(3)4)16-20(19)12-8-11-15-24-13-9-7-10-14-24/h6,16-17H,3,5,7-15H2,1-2,4H3/b23-6-. The molecule has 0 unspecified atom stereocenters. The number of rotatable bonds is 8. The first-order chi connectivity index (χ1) is 11.7. The Bertz CT molecular complexity index is 566. The Morgan fingerprint density at radius 1 is 1.17 bits per heavy atom. The summed E-state index contributed by atoms with van der Waals surface area (Å²) in [5, 5.41) is 0. The summed E-state index contributed by atoms with van der Waals surface area (Å²) in [7, 11) is 0. The van der Waals surface area contributed by atoms with Crippen LogP contribution in [-0.4, -0.2) is 30.7 Å². The number of likely N-dealkylation sites (tertiary alicyclic amines) is 1. The first kappa shape index (κ1) is 18.9. The van der Waals surface area contributed by atoms with Gasteiger partial charge in [0.2, 0.25) is 0 Å². The summed E-state index contributed by atoms with van der Waals surface area (Å²) in [5.41, 5.74) is 6.31. The van der Waals surface area contributed by atoms with E-state index in [0.717, 1.165) is 17.7 Å². The summed E-state index contributed by atoms with van der Waals surface area (Å²) < 4.78 is 0. The fraction of sp³-hybridized carbons (Fsp3) is 0.591. The van der Waals surface area contributed by atoms with Crippen LogP contribution in [0.4, 0.5) is 5.69 Å². The van der Waals surface area contributed by atoms with E-state index >= 15 is 0 Å². The molecule has 0 amide bonds. The summed E-state index contributed by atoms with van der Waals surface area (Å²) in [6.45, 7) is 14.3. The molecule has 24 heavy (non-hydrogen) atoms. The van der Waals surface area contributed by atoms with Crippen LogP contribution in [0.25, 0.3) is 5.57 Å². The topological polar surface area (TPSA) is 15.6 Å². The molecule has 0 bridgehead atoms. The Balaban J connectivity index is 1.99. The predicted molar refractivity (Wildman–Crippen MR) is 108 cm³/mol. The third-order valence-electron chi connectivity index (χ3n) is 5.05. The second-order valence-corrected chi connectivity index (χ2v) is 7.02. The molecule has 0 saturated carbocycles. The van der Waals surface area contributed by atoms with Gasteiger partial charge in [-0.05, 0) is 101 Å². The number of hydrogen-bond donors (Lipinski definition) is 0. The fourth-order valence-corrected chi connectivity index (χ4v) is 3.66. The van der Waals surface area contributed by atoms with Crippen LogP contribution in [-0.2, 0) is 12.8 Å². The molecule has 0 aliphatic carbocycles. The van der Waals surface area contributed by atoms with Crippen molar-refractivity contribution in [3.05, 3.63) is 35.4 Å². The Morgan fingerprint density at radius 2 is 1.92 bits per heavy atom. The molecule has 1 aromatic rings. The van der Waals surface area contributed by atoms with Crippen LogP contribution >= 0.6 is 0 Å². The summed E-state index contributed by atoms with van der Waals surface area (Å²) >= 11 is 0. The third kappa shape index (κ3) is 5.31. The molecule has 0 spiro atoms. The van der Waals surface area contributed by atoms with Gasteiger partial charge in [0.05, 0.1) is 5.69 Å². The third-order valence-corrected chi connectivity index (χ3v) is 5.05. The monoisotopic (exact) mass is 326 g/mol. The van der Waals surface area contributed by atoms with Crippen LogP contribution in [0.5, 0.6) is 0 Å². The Labute approximate surface area is 148 Å². The number of aryl methyl sites for hydroxylation is 2. The van der Waals surface area contributed by atoms with E-state index in [-0.39, 0.29) is 0 Å². The first-order valence-corrected chi connectivity index (χ1v) is 9.68. The molecule has 1 aromatic carbocycles. The molecule has 0 atom stereocenters. The molecule has 2 rings (SSSR count). The molecule has 1 aliphatic heterocycles. The van der Waals surface area contributed by atoms with Gasteiger partial charge < -0.3 is 4.90 Å². The van der Waals surface area contributed by atoms with Gasteiger partial charge in [-0.3, -0.25) is 4.99 Å². The van der Waals surface area contributed by atoms with Crippen LogP contribution < -0.4 is 0 Å². The Morgan fingerprint density at radius 3 is 2.54 bits per heavy atom. The molecule has 2 nitrogen and oxygen atoms in total. The zero-order valence-corrected chi connectivity index (χ0v) is 15.9.